The minimum absolute atomic E-state index is 0.0224. The summed E-state index contributed by atoms with van der Waals surface area (Å²) >= 11 is 7.35. The average molecular weight is 1310 g/mol. The summed E-state index contributed by atoms with van der Waals surface area (Å²) in [6, 6.07) is 29.1. The summed E-state index contributed by atoms with van der Waals surface area (Å²) in [4.78, 5) is 57.8. The van der Waals surface area contributed by atoms with E-state index in [9.17, 15) is 59.0 Å². The van der Waals surface area contributed by atoms with Crippen LogP contribution in [-0.2, 0) is 58.5 Å². The summed E-state index contributed by atoms with van der Waals surface area (Å²) in [7, 11) is -14.7. The first kappa shape index (κ1) is 61.1. The number of aromatic amines is 1. The zero-order valence-corrected chi connectivity index (χ0v) is 47.7. The highest BCUT2D eigenvalue weighted by atomic mass is 35.5. The molecular weight excluding hydrogens is 1280 g/mol. The lowest BCUT2D eigenvalue weighted by Gasteiger charge is -2.26. The number of ether oxygens (including phenoxy) is 1. The van der Waals surface area contributed by atoms with Crippen molar-refractivity contribution in [1.29, 1.82) is 0 Å². The molecule has 0 spiro atoms. The van der Waals surface area contributed by atoms with Crippen molar-refractivity contribution < 1.29 is 97.1 Å². The first-order valence-electron chi connectivity index (χ1n) is 23.4. The predicted molar refractivity (Wildman–Crippen MR) is 304 cm³/mol. The Balaban J connectivity index is 1.20. The van der Waals surface area contributed by atoms with Gasteiger partial charge in [0.05, 0.1) is 90.2 Å². The molecule has 10 rings (SSSR count). The van der Waals surface area contributed by atoms with Gasteiger partial charge in [0.2, 0.25) is 17.2 Å². The number of anilines is 6. The molecule has 0 aliphatic heterocycles. The fourth-order valence-electron chi connectivity index (χ4n) is 8.83. The molecule has 0 unspecified atom stereocenters. The van der Waals surface area contributed by atoms with E-state index in [1.54, 1.807) is 6.07 Å². The molecule has 442 valence electrons. The summed E-state index contributed by atoms with van der Waals surface area (Å²) in [6.45, 7) is 0. The third-order valence-corrected chi connectivity index (χ3v) is 17.0. The number of nitrogens with one attached hydrogen (secondary N) is 4. The fourth-order valence-corrected chi connectivity index (χ4v) is 12.2. The standard InChI is InChI=1S/C50H32ClN7O22S6/c51-48-56-49(53-30-10-3-4-11-38(30)85(68,69)70)58-50(57-48)54-32-20-31(36(82-79-76-63)22-39(32)86(71,72)73)52-33-21-35(74-34-17-14-24(19-37(34)83-80-77-64)23-12-15-27(16-13-23)84(65,66)67)44-42-40(28-8-1-2-9-29(28)46(60)41(33)42)43(47(61)55-44)45(59)25-6-5-7-26(18-25)81-78-75-62/h1-22,52,62-64H,(H,55,61)(H,65,66,67)(H,68,69,70)(H,71,72,73)(H2,53,54,56,57,58). The van der Waals surface area contributed by atoms with Crippen molar-refractivity contribution in [3.05, 3.63) is 171 Å². The van der Waals surface area contributed by atoms with Gasteiger partial charge in [0.15, 0.2) is 17.3 Å². The average Bonchev–Trinajstić information content (AvgIpc) is 0.723. The van der Waals surface area contributed by atoms with Crippen LogP contribution in [0, 0.1) is 0 Å². The normalized spacial score (nSPS) is 12.2. The van der Waals surface area contributed by atoms with E-state index in [-0.39, 0.29) is 94.0 Å². The minimum atomic E-state index is -5.30. The van der Waals surface area contributed by atoms with Gasteiger partial charge in [-0.15, -0.1) is 13.0 Å². The van der Waals surface area contributed by atoms with Gasteiger partial charge in [0, 0.05) is 33.0 Å². The lowest BCUT2D eigenvalue weighted by molar-refractivity contribution is -0.432. The molecule has 1 aliphatic rings. The molecule has 29 nitrogen and oxygen atoms in total. The van der Waals surface area contributed by atoms with Gasteiger partial charge in [0.25, 0.3) is 35.9 Å². The van der Waals surface area contributed by atoms with Crippen LogP contribution in [0.15, 0.2) is 168 Å². The Bertz CT molecular complexity index is 4650. The second kappa shape index (κ2) is 25.1. The van der Waals surface area contributed by atoms with Crippen molar-refractivity contribution in [3.63, 3.8) is 0 Å². The molecule has 0 atom stereocenters. The van der Waals surface area contributed by atoms with E-state index in [1.165, 1.54) is 97.1 Å². The predicted octanol–water partition coefficient (Wildman–Crippen LogP) is 10.5. The summed E-state index contributed by atoms with van der Waals surface area (Å²) < 4.78 is 125. The molecule has 0 amide bonds. The molecule has 0 saturated carbocycles. The summed E-state index contributed by atoms with van der Waals surface area (Å²) in [5, 5.41) is 46.5. The first-order chi connectivity index (χ1) is 41.0. The molecule has 2 aromatic heterocycles. The van der Waals surface area contributed by atoms with Crippen molar-refractivity contribution in [1.82, 2.24) is 19.9 Å². The maximum absolute atomic E-state index is 15.3. The van der Waals surface area contributed by atoms with Crippen molar-refractivity contribution in [3.8, 4) is 33.8 Å². The molecule has 0 fully saturated rings. The van der Waals surface area contributed by atoms with Crippen LogP contribution >= 0.6 is 47.7 Å². The number of para-hydroxylation sites is 1. The van der Waals surface area contributed by atoms with Gasteiger partial charge < -0.3 is 25.7 Å². The van der Waals surface area contributed by atoms with Crippen molar-refractivity contribution in [2.45, 2.75) is 29.4 Å². The third kappa shape index (κ3) is 13.1. The number of ketones is 2. The number of aromatic nitrogens is 4. The van der Waals surface area contributed by atoms with E-state index in [1.807, 2.05) is 0 Å². The zero-order valence-electron chi connectivity index (χ0n) is 42.1. The van der Waals surface area contributed by atoms with E-state index in [0.29, 0.717) is 35.2 Å². The van der Waals surface area contributed by atoms with E-state index in [2.05, 4.69) is 55.3 Å². The number of hydrogen-bond donors (Lipinski definition) is 10. The van der Waals surface area contributed by atoms with Crippen LogP contribution in [0.25, 0.3) is 33.2 Å². The number of halogens is 1. The topological polar surface area (TPSA) is 430 Å². The third-order valence-electron chi connectivity index (χ3n) is 12.3. The highest BCUT2D eigenvalue weighted by Crippen LogP contribution is 2.50. The van der Waals surface area contributed by atoms with Crippen LogP contribution < -0.4 is 26.2 Å². The fraction of sp³-hybridized carbons (Fsp3) is 0. The largest absolute Gasteiger partial charge is 0.454 e. The minimum Gasteiger partial charge on any atom is -0.454 e. The van der Waals surface area contributed by atoms with Crippen molar-refractivity contribution in [2.75, 3.05) is 16.0 Å². The number of benzene rings is 7. The van der Waals surface area contributed by atoms with Gasteiger partial charge in [-0.25, -0.2) is 15.8 Å². The first-order valence-corrected chi connectivity index (χ1v) is 30.3. The van der Waals surface area contributed by atoms with Crippen molar-refractivity contribution in [2.24, 2.45) is 0 Å². The quantitative estimate of drug-likeness (QED) is 0.00935. The lowest BCUT2D eigenvalue weighted by Crippen LogP contribution is -2.24. The Hall–Kier alpha value is -7.99. The number of carbonyl (C=O) groups is 2. The van der Waals surface area contributed by atoms with Crippen LogP contribution in [0.3, 0.4) is 0 Å². The second-order valence-electron chi connectivity index (χ2n) is 17.3. The Morgan fingerprint density at radius 2 is 1.17 bits per heavy atom. The Labute approximate surface area is 499 Å². The number of fused-ring (bicyclic) bond motifs is 2. The molecule has 0 saturated heterocycles. The SMILES string of the molecule is O=C(c1cccc(SOOO)c1)c1c2c3c(c(Nc4cc(Nc5nc(Cl)nc(Nc6ccccc6S(=O)(=O)O)n5)c(S(=O)(=O)O)cc4SOOO)cc(Oc4ccc(-c5ccc(S(=O)(=O)O)cc5)cc4SOOO)c3[nH]c1=O)C(=O)c1ccccc1-2. The molecule has 10 N–H and O–H groups in total. The number of hydrogen-bond acceptors (Lipinski definition) is 28. The molecule has 36 heteroatoms. The highest BCUT2D eigenvalue weighted by Gasteiger charge is 2.36. The lowest BCUT2D eigenvalue weighted by atomic mass is 9.80. The van der Waals surface area contributed by atoms with Crippen LogP contribution in [0.4, 0.5) is 34.6 Å². The molecule has 86 heavy (non-hydrogen) atoms. The van der Waals surface area contributed by atoms with Crippen LogP contribution in [0.5, 0.6) is 11.5 Å². The molecule has 2 heterocycles. The van der Waals surface area contributed by atoms with Gasteiger partial charge in [-0.2, -0.15) is 40.2 Å². The molecule has 1 aliphatic carbocycles. The van der Waals surface area contributed by atoms with Gasteiger partial charge >= 0.3 is 0 Å². The second-order valence-corrected chi connectivity index (χ2v) is 24.1. The highest BCUT2D eigenvalue weighted by molar-refractivity contribution is 7.95. The van der Waals surface area contributed by atoms with Crippen LogP contribution in [-0.4, -0.2) is 86.2 Å². The molecule has 0 bridgehead atoms. The molecule has 7 aromatic carbocycles. The van der Waals surface area contributed by atoms with E-state index >= 15 is 4.79 Å². The van der Waals surface area contributed by atoms with Gasteiger partial charge in [-0.1, -0.05) is 81.8 Å². The van der Waals surface area contributed by atoms with E-state index < -0.39 is 90.6 Å². The van der Waals surface area contributed by atoms with Crippen LogP contribution in [0.2, 0.25) is 5.28 Å². The molecular formula is C50H32ClN7O22S6. The number of H-pyrrole nitrogens is 1. The Morgan fingerprint density at radius 3 is 1.85 bits per heavy atom. The zero-order chi connectivity index (χ0) is 61.2. The summed E-state index contributed by atoms with van der Waals surface area (Å²) in [5.41, 5.74) is -2.67. The molecule has 9 aromatic rings. The summed E-state index contributed by atoms with van der Waals surface area (Å²) in [6.07, 6.45) is 0. The maximum Gasteiger partial charge on any atom is 0.296 e. The number of pyridine rings is 1. The van der Waals surface area contributed by atoms with Crippen LogP contribution in [0.1, 0.15) is 31.8 Å². The number of nitrogens with zero attached hydrogens (tertiary/aromatic N) is 3. The monoisotopic (exact) mass is 1310 g/mol. The van der Waals surface area contributed by atoms with Gasteiger partial charge in [-0.05, 0) is 89.0 Å². The summed E-state index contributed by atoms with van der Waals surface area (Å²) in [5.74, 6) is -3.07. The molecule has 0 radical (unpaired) electrons. The Morgan fingerprint density at radius 1 is 0.547 bits per heavy atom. The maximum atomic E-state index is 15.3. The Kier molecular flexibility index (Phi) is 17.9. The number of rotatable bonds is 23. The van der Waals surface area contributed by atoms with Gasteiger partial charge in [0.1, 0.15) is 15.5 Å². The number of carbonyl (C=O) groups excluding carboxylic acids is 2. The van der Waals surface area contributed by atoms with E-state index in [0.717, 1.165) is 30.3 Å². The van der Waals surface area contributed by atoms with E-state index in [4.69, 9.17) is 30.3 Å². The van der Waals surface area contributed by atoms with Gasteiger partial charge in [-0.3, -0.25) is 28.0 Å². The smallest absolute Gasteiger partial charge is 0.296 e. The van der Waals surface area contributed by atoms with Crippen molar-refractivity contribution >= 4 is 135 Å².